The number of rotatable bonds is 5. The van der Waals surface area contributed by atoms with Crippen LogP contribution in [0, 0.1) is 0 Å². The molecule has 2 aromatic rings. The number of halogens is 4. The SMILES string of the molecule is CN(C)c1nc(N[C@H]2CC[C@@H](N(C(N)=O)c3ccc(C(F)(F)F)cc3Cl)CC2)nc2c1CCCC2. The molecule has 1 aromatic heterocycles. The quantitative estimate of drug-likeness (QED) is 0.562. The average Bonchev–Trinajstić information content (AvgIpc) is 2.80. The third-order valence-electron chi connectivity index (χ3n) is 6.75. The normalized spacial score (nSPS) is 20.2. The number of carbonyl (C=O) groups excluding carboxylic acids is 1. The summed E-state index contributed by atoms with van der Waals surface area (Å²) in [4.78, 5) is 25.1. The van der Waals surface area contributed by atoms with Crippen molar-refractivity contribution in [1.29, 1.82) is 0 Å². The van der Waals surface area contributed by atoms with E-state index in [9.17, 15) is 18.0 Å². The summed E-state index contributed by atoms with van der Waals surface area (Å²) in [6.45, 7) is 0. The molecule has 0 radical (unpaired) electrons. The third kappa shape index (κ3) is 5.58. The molecule has 7 nitrogen and oxygen atoms in total. The van der Waals surface area contributed by atoms with Crippen LogP contribution in [0.2, 0.25) is 5.02 Å². The monoisotopic (exact) mass is 510 g/mol. The second-order valence-corrected chi connectivity index (χ2v) is 9.83. The van der Waals surface area contributed by atoms with Gasteiger partial charge in [0.1, 0.15) is 5.82 Å². The van der Waals surface area contributed by atoms with Gasteiger partial charge < -0.3 is 16.0 Å². The summed E-state index contributed by atoms with van der Waals surface area (Å²) < 4.78 is 39.0. The summed E-state index contributed by atoms with van der Waals surface area (Å²) in [7, 11) is 3.97. The first-order valence-corrected chi connectivity index (χ1v) is 12.2. The lowest BCUT2D eigenvalue weighted by atomic mass is 9.90. The van der Waals surface area contributed by atoms with Crippen LogP contribution < -0.4 is 20.9 Å². The van der Waals surface area contributed by atoms with Gasteiger partial charge in [0.25, 0.3) is 0 Å². The zero-order valence-electron chi connectivity index (χ0n) is 19.8. The minimum Gasteiger partial charge on any atom is -0.362 e. The Morgan fingerprint density at radius 2 is 1.80 bits per heavy atom. The zero-order chi connectivity index (χ0) is 25.3. The van der Waals surface area contributed by atoms with Gasteiger partial charge in [-0.2, -0.15) is 18.2 Å². The predicted octanol–water partition coefficient (Wildman–Crippen LogP) is 5.40. The highest BCUT2D eigenvalue weighted by atomic mass is 35.5. The van der Waals surface area contributed by atoms with Crippen LogP contribution in [0.15, 0.2) is 18.2 Å². The van der Waals surface area contributed by atoms with Crippen LogP contribution in [0.1, 0.15) is 55.3 Å². The number of nitrogens with two attached hydrogens (primary N) is 1. The summed E-state index contributed by atoms with van der Waals surface area (Å²) in [5.41, 5.74) is 7.27. The molecule has 1 heterocycles. The number of alkyl halides is 3. The number of aromatic nitrogens is 2. The molecule has 2 amide bonds. The fourth-order valence-electron chi connectivity index (χ4n) is 5.04. The Balaban J connectivity index is 1.46. The van der Waals surface area contributed by atoms with Gasteiger partial charge in [-0.05, 0) is 69.6 Å². The van der Waals surface area contributed by atoms with Crippen LogP contribution in [-0.2, 0) is 19.0 Å². The maximum Gasteiger partial charge on any atom is 0.416 e. The summed E-state index contributed by atoms with van der Waals surface area (Å²) >= 11 is 6.15. The number of fused-ring (bicyclic) bond motifs is 1. The fraction of sp³-hybridized carbons (Fsp3) is 0.542. The highest BCUT2D eigenvalue weighted by Crippen LogP contribution is 2.38. The Hall–Kier alpha value is -2.75. The van der Waals surface area contributed by atoms with E-state index in [2.05, 4.69) is 5.32 Å². The average molecular weight is 511 g/mol. The van der Waals surface area contributed by atoms with E-state index in [1.54, 1.807) is 0 Å². The van der Waals surface area contributed by atoms with Crippen molar-refractivity contribution in [2.24, 2.45) is 5.73 Å². The molecule has 0 aliphatic heterocycles. The molecule has 2 aliphatic carbocycles. The number of nitrogens with zero attached hydrogens (tertiary/aromatic N) is 4. The van der Waals surface area contributed by atoms with Crippen molar-refractivity contribution in [3.8, 4) is 0 Å². The molecule has 0 spiro atoms. The Labute approximate surface area is 207 Å². The number of hydrogen-bond donors (Lipinski definition) is 2. The minimum atomic E-state index is -4.52. The second-order valence-electron chi connectivity index (χ2n) is 9.42. The topological polar surface area (TPSA) is 87.4 Å². The number of carbonyl (C=O) groups is 1. The fourth-order valence-corrected chi connectivity index (χ4v) is 5.32. The Morgan fingerprint density at radius 1 is 1.11 bits per heavy atom. The van der Waals surface area contributed by atoms with Gasteiger partial charge in [0.15, 0.2) is 0 Å². The first kappa shape index (κ1) is 25.3. The molecule has 0 saturated heterocycles. The molecular weight excluding hydrogens is 481 g/mol. The predicted molar refractivity (Wildman–Crippen MR) is 131 cm³/mol. The lowest BCUT2D eigenvalue weighted by Crippen LogP contribution is -2.47. The Morgan fingerprint density at radius 3 is 2.40 bits per heavy atom. The molecule has 1 saturated carbocycles. The smallest absolute Gasteiger partial charge is 0.362 e. The molecule has 11 heteroatoms. The van der Waals surface area contributed by atoms with Crippen LogP contribution >= 0.6 is 11.6 Å². The van der Waals surface area contributed by atoms with Gasteiger partial charge in [0, 0.05) is 31.7 Å². The van der Waals surface area contributed by atoms with Gasteiger partial charge in [-0.3, -0.25) is 4.90 Å². The number of hydrogen-bond acceptors (Lipinski definition) is 5. The van der Waals surface area contributed by atoms with Crippen molar-refractivity contribution in [3.05, 3.63) is 40.0 Å². The number of urea groups is 1. The van der Waals surface area contributed by atoms with E-state index in [4.69, 9.17) is 27.3 Å². The molecule has 0 atom stereocenters. The van der Waals surface area contributed by atoms with Crippen molar-refractivity contribution >= 4 is 35.1 Å². The van der Waals surface area contributed by atoms with Crippen LogP contribution in [0.4, 0.5) is 35.4 Å². The Kier molecular flexibility index (Phi) is 7.30. The van der Waals surface area contributed by atoms with Gasteiger partial charge in [-0.15, -0.1) is 0 Å². The van der Waals surface area contributed by atoms with E-state index >= 15 is 0 Å². The molecule has 4 rings (SSSR count). The number of aryl methyl sites for hydroxylation is 1. The van der Waals surface area contributed by atoms with Crippen molar-refractivity contribution in [2.75, 3.05) is 29.2 Å². The molecular formula is C24H30ClF3N6O. The number of nitrogens with one attached hydrogen (secondary N) is 1. The lowest BCUT2D eigenvalue weighted by molar-refractivity contribution is -0.137. The lowest BCUT2D eigenvalue weighted by Gasteiger charge is -2.36. The Bertz CT molecular complexity index is 1090. The minimum absolute atomic E-state index is 0.112. The van der Waals surface area contributed by atoms with Crippen molar-refractivity contribution in [2.45, 2.75) is 69.6 Å². The first-order valence-electron chi connectivity index (χ1n) is 11.8. The molecule has 1 aromatic carbocycles. The highest BCUT2D eigenvalue weighted by molar-refractivity contribution is 6.33. The van der Waals surface area contributed by atoms with Crippen LogP contribution in [0.5, 0.6) is 0 Å². The summed E-state index contributed by atoms with van der Waals surface area (Å²) in [5, 5.41) is 3.30. The summed E-state index contributed by atoms with van der Waals surface area (Å²) in [6.07, 6.45) is 2.37. The standard InChI is InChI=1S/C24H30ClF3N6O/c1-33(2)21-17-5-3-4-6-19(17)31-23(32-21)30-15-8-10-16(11-9-15)34(22(29)35)20-12-7-14(13-18(20)25)24(26,27)28/h7,12-13,15-16H,3-6,8-11H2,1-2H3,(H2,29,35)(H,30,31,32)/t15-,16+. The van der Waals surface area contributed by atoms with E-state index < -0.39 is 17.8 Å². The zero-order valence-corrected chi connectivity index (χ0v) is 20.6. The molecule has 1 fully saturated rings. The number of primary amides is 1. The van der Waals surface area contributed by atoms with E-state index in [1.165, 1.54) is 16.5 Å². The van der Waals surface area contributed by atoms with E-state index in [-0.39, 0.29) is 22.8 Å². The van der Waals surface area contributed by atoms with E-state index in [0.717, 1.165) is 62.2 Å². The van der Waals surface area contributed by atoms with Gasteiger partial charge in [-0.25, -0.2) is 9.78 Å². The first-order chi connectivity index (χ1) is 16.5. The van der Waals surface area contributed by atoms with Crippen LogP contribution in [-0.4, -0.2) is 42.2 Å². The molecule has 0 unspecified atom stereocenters. The van der Waals surface area contributed by atoms with E-state index in [0.29, 0.717) is 18.8 Å². The number of anilines is 3. The van der Waals surface area contributed by atoms with Crippen molar-refractivity contribution < 1.29 is 18.0 Å². The second kappa shape index (κ2) is 10.1. The van der Waals surface area contributed by atoms with Crippen LogP contribution in [0.3, 0.4) is 0 Å². The largest absolute Gasteiger partial charge is 0.416 e. The van der Waals surface area contributed by atoms with Gasteiger partial charge in [-0.1, -0.05) is 11.6 Å². The molecule has 2 aliphatic rings. The van der Waals surface area contributed by atoms with Crippen molar-refractivity contribution in [1.82, 2.24) is 9.97 Å². The maximum atomic E-state index is 13.0. The van der Waals surface area contributed by atoms with Crippen LogP contribution in [0.25, 0.3) is 0 Å². The van der Waals surface area contributed by atoms with E-state index in [1.807, 2.05) is 19.0 Å². The highest BCUT2D eigenvalue weighted by Gasteiger charge is 2.34. The number of amides is 2. The van der Waals surface area contributed by atoms with Gasteiger partial charge in [0.05, 0.1) is 22.0 Å². The summed E-state index contributed by atoms with van der Waals surface area (Å²) in [6, 6.07) is 2.07. The summed E-state index contributed by atoms with van der Waals surface area (Å²) in [5.74, 6) is 1.55. The maximum absolute atomic E-state index is 13.0. The van der Waals surface area contributed by atoms with Gasteiger partial charge >= 0.3 is 12.2 Å². The van der Waals surface area contributed by atoms with Gasteiger partial charge in [0.2, 0.25) is 5.95 Å². The van der Waals surface area contributed by atoms with Crippen molar-refractivity contribution in [3.63, 3.8) is 0 Å². The number of benzene rings is 1. The molecule has 0 bridgehead atoms. The third-order valence-corrected chi connectivity index (χ3v) is 7.05. The molecule has 190 valence electrons. The molecule has 35 heavy (non-hydrogen) atoms. The molecule has 3 N–H and O–H groups in total.